The largest absolute Gasteiger partial charge is 0.365 e. The van der Waals surface area contributed by atoms with Crippen molar-refractivity contribution in [1.29, 1.82) is 0 Å². The molecule has 0 saturated carbocycles. The molecule has 0 spiro atoms. The highest BCUT2D eigenvalue weighted by Gasteiger charge is 2.31. The Balaban J connectivity index is 1.20. The van der Waals surface area contributed by atoms with Gasteiger partial charge in [-0.3, -0.25) is 19.8 Å². The van der Waals surface area contributed by atoms with Gasteiger partial charge < -0.3 is 24.6 Å². The number of hydrogen-bond acceptors (Lipinski definition) is 8. The van der Waals surface area contributed by atoms with Crippen LogP contribution in [0.1, 0.15) is 29.3 Å². The van der Waals surface area contributed by atoms with Crippen molar-refractivity contribution < 1.29 is 23.8 Å². The van der Waals surface area contributed by atoms with Crippen LogP contribution in [0.25, 0.3) is 33.5 Å². The third-order valence-corrected chi connectivity index (χ3v) is 7.12. The first-order valence-corrected chi connectivity index (χ1v) is 13.1. The van der Waals surface area contributed by atoms with Crippen molar-refractivity contribution in [3.05, 3.63) is 72.1 Å². The van der Waals surface area contributed by atoms with Gasteiger partial charge in [-0.05, 0) is 13.0 Å². The Kier molecular flexibility index (Phi) is 7.03. The molecule has 5 aromatic rings. The summed E-state index contributed by atoms with van der Waals surface area (Å²) in [6.07, 6.45) is 2.84. The number of hydrogen-bond donors (Lipinski definition) is 4. The number of aromatic amines is 3. The number of nitrogens with one attached hydrogen (secondary N) is 3. The number of rotatable bonds is 8. The van der Waals surface area contributed by atoms with Gasteiger partial charge in [0, 0.05) is 44.5 Å². The quantitative estimate of drug-likeness (QED) is 0.129. The standard InChI is InChI=1S/C28H27FN8O4/c1-2-41-28(40)20-12-19(33-34-20)24-25-22(18(29)14-31-24)17(13-30-25)26(38)27(39)37-10-8-36(9-11-37)21-15-32-35-23(21)16-6-4-3-5-7-16/h3-7,12-15,28,30,40H,2,8-11H2,1H3,(H,32,35)(H,33,34). The highest BCUT2D eigenvalue weighted by molar-refractivity contribution is 6.45. The van der Waals surface area contributed by atoms with Gasteiger partial charge in [-0.15, -0.1) is 0 Å². The normalized spacial score (nSPS) is 14.5. The SMILES string of the molecule is CCOC(O)c1cc(-c2ncc(F)c3c(C(=O)C(=O)N4CCN(c5cn[nH]c5-c5ccccc5)CC4)c[nH]c23)n[nH]1. The highest BCUT2D eigenvalue weighted by atomic mass is 19.1. The Labute approximate surface area is 233 Å². The minimum absolute atomic E-state index is 0.0483. The van der Waals surface area contributed by atoms with E-state index in [0.29, 0.717) is 37.6 Å². The summed E-state index contributed by atoms with van der Waals surface area (Å²) in [6, 6.07) is 11.4. The molecule has 13 heteroatoms. The molecule has 1 atom stereocenters. The molecule has 1 aromatic carbocycles. The number of carbonyl (C=O) groups is 2. The number of nitrogens with zero attached hydrogens (tertiary/aromatic N) is 5. The van der Waals surface area contributed by atoms with Crippen molar-refractivity contribution in [2.75, 3.05) is 37.7 Å². The summed E-state index contributed by atoms with van der Waals surface area (Å²) in [5.41, 5.74) is 3.79. The number of ketones is 1. The smallest absolute Gasteiger partial charge is 0.295 e. The third-order valence-electron chi connectivity index (χ3n) is 7.12. The summed E-state index contributed by atoms with van der Waals surface area (Å²) in [7, 11) is 0. The van der Waals surface area contributed by atoms with Crippen molar-refractivity contribution in [2.24, 2.45) is 0 Å². The first-order valence-electron chi connectivity index (χ1n) is 13.1. The van der Waals surface area contributed by atoms with E-state index in [2.05, 4.69) is 35.3 Å². The molecule has 5 heterocycles. The van der Waals surface area contributed by atoms with E-state index >= 15 is 0 Å². The summed E-state index contributed by atoms with van der Waals surface area (Å²) in [5.74, 6) is -2.27. The first kappa shape index (κ1) is 26.3. The van der Waals surface area contributed by atoms with E-state index in [4.69, 9.17) is 4.74 Å². The molecule has 4 aromatic heterocycles. The molecular formula is C28H27FN8O4. The maximum atomic E-state index is 15.0. The molecule has 210 valence electrons. The van der Waals surface area contributed by atoms with Gasteiger partial charge in [0.05, 0.1) is 45.9 Å². The molecule has 1 fully saturated rings. The average molecular weight is 559 g/mol. The number of benzene rings is 1. The van der Waals surface area contributed by atoms with Crippen LogP contribution in [0.4, 0.5) is 10.1 Å². The van der Waals surface area contributed by atoms with E-state index in [9.17, 15) is 19.1 Å². The van der Waals surface area contributed by atoms with E-state index in [1.807, 2.05) is 30.3 Å². The number of amides is 1. The molecule has 1 unspecified atom stereocenters. The number of pyridine rings is 1. The molecule has 6 rings (SSSR count). The van der Waals surface area contributed by atoms with Crippen LogP contribution in [0.15, 0.2) is 55.0 Å². The molecular weight excluding hydrogens is 531 g/mol. The van der Waals surface area contributed by atoms with Crippen LogP contribution in [0.5, 0.6) is 0 Å². The minimum Gasteiger partial charge on any atom is -0.365 e. The van der Waals surface area contributed by atoms with Crippen LogP contribution in [0, 0.1) is 5.82 Å². The van der Waals surface area contributed by atoms with Crippen LogP contribution >= 0.6 is 0 Å². The number of piperazine rings is 1. The van der Waals surface area contributed by atoms with Crippen molar-refractivity contribution in [1.82, 2.24) is 35.3 Å². The van der Waals surface area contributed by atoms with E-state index in [0.717, 1.165) is 23.1 Å². The molecule has 12 nitrogen and oxygen atoms in total. The Morgan fingerprint density at radius 2 is 1.90 bits per heavy atom. The number of aliphatic hydroxyl groups is 1. The number of H-pyrrole nitrogens is 3. The summed E-state index contributed by atoms with van der Waals surface area (Å²) < 4.78 is 20.2. The van der Waals surface area contributed by atoms with E-state index in [1.165, 1.54) is 17.2 Å². The number of anilines is 1. The Morgan fingerprint density at radius 1 is 1.12 bits per heavy atom. The predicted molar refractivity (Wildman–Crippen MR) is 147 cm³/mol. The van der Waals surface area contributed by atoms with Crippen LogP contribution in [-0.2, 0) is 9.53 Å². The summed E-state index contributed by atoms with van der Waals surface area (Å²) >= 11 is 0. The zero-order valence-corrected chi connectivity index (χ0v) is 22.1. The summed E-state index contributed by atoms with van der Waals surface area (Å²) in [6.45, 7) is 3.68. The number of halogens is 1. The van der Waals surface area contributed by atoms with Gasteiger partial charge in [-0.1, -0.05) is 30.3 Å². The average Bonchev–Trinajstić information content (AvgIpc) is 3.78. The van der Waals surface area contributed by atoms with Gasteiger partial charge in [0.25, 0.3) is 11.7 Å². The van der Waals surface area contributed by atoms with Gasteiger partial charge in [0.15, 0.2) is 12.1 Å². The molecule has 1 amide bonds. The van der Waals surface area contributed by atoms with Crippen molar-refractivity contribution in [3.8, 4) is 22.6 Å². The molecule has 41 heavy (non-hydrogen) atoms. The molecule has 1 aliphatic heterocycles. The number of carbonyl (C=O) groups excluding carboxylic acids is 2. The van der Waals surface area contributed by atoms with Crippen LogP contribution < -0.4 is 4.90 Å². The summed E-state index contributed by atoms with van der Waals surface area (Å²) in [4.78, 5) is 37.2. The van der Waals surface area contributed by atoms with E-state index < -0.39 is 23.8 Å². The van der Waals surface area contributed by atoms with E-state index in [-0.39, 0.29) is 28.8 Å². The van der Waals surface area contributed by atoms with E-state index in [1.54, 1.807) is 13.1 Å². The van der Waals surface area contributed by atoms with Crippen molar-refractivity contribution >= 4 is 28.3 Å². The second-order valence-corrected chi connectivity index (χ2v) is 9.53. The topological polar surface area (TPSA) is 156 Å². The molecule has 1 aliphatic rings. The number of aliphatic hydroxyl groups excluding tert-OH is 1. The number of fused-ring (bicyclic) bond motifs is 1. The lowest BCUT2D eigenvalue weighted by Gasteiger charge is -2.35. The first-order chi connectivity index (χ1) is 20.0. The molecule has 0 radical (unpaired) electrons. The molecule has 4 N–H and O–H groups in total. The van der Waals surface area contributed by atoms with Crippen LogP contribution in [-0.4, -0.2) is 84.8 Å². The zero-order chi connectivity index (χ0) is 28.5. The number of Topliss-reactive ketones (excluding diaryl/α,β-unsaturated/α-hetero) is 1. The maximum Gasteiger partial charge on any atom is 0.295 e. The van der Waals surface area contributed by atoms with Gasteiger partial charge in [-0.25, -0.2) is 9.37 Å². The lowest BCUT2D eigenvalue weighted by atomic mass is 10.1. The second kappa shape index (κ2) is 10.9. The van der Waals surface area contributed by atoms with Gasteiger partial charge in [-0.2, -0.15) is 10.2 Å². The predicted octanol–water partition coefficient (Wildman–Crippen LogP) is 3.04. The minimum atomic E-state index is -1.21. The Hall–Kier alpha value is -4.88. The Morgan fingerprint density at radius 3 is 2.66 bits per heavy atom. The van der Waals surface area contributed by atoms with Crippen molar-refractivity contribution in [3.63, 3.8) is 0 Å². The lowest BCUT2D eigenvalue weighted by Crippen LogP contribution is -2.50. The molecule has 0 aliphatic carbocycles. The fourth-order valence-corrected chi connectivity index (χ4v) is 5.06. The van der Waals surface area contributed by atoms with Gasteiger partial charge in [0.1, 0.15) is 11.4 Å². The monoisotopic (exact) mass is 558 g/mol. The van der Waals surface area contributed by atoms with Gasteiger partial charge >= 0.3 is 0 Å². The summed E-state index contributed by atoms with van der Waals surface area (Å²) in [5, 5.41) is 24.1. The fraction of sp³-hybridized carbons (Fsp3) is 0.250. The van der Waals surface area contributed by atoms with Crippen LogP contribution in [0.2, 0.25) is 0 Å². The lowest BCUT2D eigenvalue weighted by molar-refractivity contribution is -0.126. The molecule has 1 saturated heterocycles. The third kappa shape index (κ3) is 4.85. The van der Waals surface area contributed by atoms with Crippen LogP contribution in [0.3, 0.4) is 0 Å². The maximum absolute atomic E-state index is 15.0. The Bertz CT molecular complexity index is 1700. The highest BCUT2D eigenvalue weighted by Crippen LogP contribution is 2.32. The number of aromatic nitrogens is 6. The van der Waals surface area contributed by atoms with Gasteiger partial charge in [0.2, 0.25) is 0 Å². The second-order valence-electron chi connectivity index (χ2n) is 9.53. The molecule has 0 bridgehead atoms. The fourth-order valence-electron chi connectivity index (χ4n) is 5.06. The number of ether oxygens (including phenoxy) is 1. The van der Waals surface area contributed by atoms with Crippen molar-refractivity contribution in [2.45, 2.75) is 13.2 Å². The zero-order valence-electron chi connectivity index (χ0n) is 22.1.